The highest BCUT2D eigenvalue weighted by Gasteiger charge is 2.26. The second kappa shape index (κ2) is 11.4. The van der Waals surface area contributed by atoms with E-state index in [-0.39, 0.29) is 6.04 Å². The minimum absolute atomic E-state index is 0.207. The first-order chi connectivity index (χ1) is 15.3. The maximum absolute atomic E-state index is 5.47. The van der Waals surface area contributed by atoms with E-state index in [2.05, 4.69) is 52.8 Å². The molecule has 5 nitrogen and oxygen atoms in total. The standard InChI is InChI=1S/C26H38N4O/c1-21(22-9-4-2-5-10-22)28-26(27-17-14-25-13-8-20-31-25)29-23-15-18-30(19-16-23)24-11-6-3-7-12-24/h2,4-5,8-10,13,20-21,23-24H,3,6-7,11-12,14-19H2,1H3,(H2,27,28,29). The molecule has 168 valence electrons. The molecule has 1 saturated carbocycles. The Bertz CT molecular complexity index is 775. The minimum atomic E-state index is 0.207. The molecule has 1 saturated heterocycles. The van der Waals surface area contributed by atoms with Crippen molar-refractivity contribution in [2.75, 3.05) is 19.6 Å². The van der Waals surface area contributed by atoms with Crippen LogP contribution >= 0.6 is 0 Å². The molecule has 1 aliphatic heterocycles. The molecular weight excluding hydrogens is 384 g/mol. The summed E-state index contributed by atoms with van der Waals surface area (Å²) >= 11 is 0. The number of furan rings is 1. The maximum Gasteiger partial charge on any atom is 0.191 e. The number of nitrogens with one attached hydrogen (secondary N) is 2. The molecule has 0 radical (unpaired) electrons. The lowest BCUT2D eigenvalue weighted by molar-refractivity contribution is 0.119. The van der Waals surface area contributed by atoms with Crippen LogP contribution in [-0.4, -0.2) is 42.6 Å². The van der Waals surface area contributed by atoms with Crippen molar-refractivity contribution >= 4 is 5.96 Å². The van der Waals surface area contributed by atoms with Crippen LogP contribution in [-0.2, 0) is 6.42 Å². The smallest absolute Gasteiger partial charge is 0.191 e. The average Bonchev–Trinajstić information content (AvgIpc) is 3.34. The van der Waals surface area contributed by atoms with Gasteiger partial charge in [0, 0.05) is 38.1 Å². The molecule has 31 heavy (non-hydrogen) atoms. The normalized spacial score (nSPS) is 20.5. The van der Waals surface area contributed by atoms with Crippen molar-refractivity contribution in [2.24, 2.45) is 4.99 Å². The third kappa shape index (κ3) is 6.60. The monoisotopic (exact) mass is 422 g/mol. The third-order valence-corrected chi connectivity index (χ3v) is 6.82. The van der Waals surface area contributed by atoms with Crippen LogP contribution in [0.3, 0.4) is 0 Å². The van der Waals surface area contributed by atoms with E-state index < -0.39 is 0 Å². The molecule has 1 unspecified atom stereocenters. The molecule has 0 spiro atoms. The fourth-order valence-corrected chi connectivity index (χ4v) is 4.94. The molecule has 1 atom stereocenters. The Morgan fingerprint density at radius 1 is 1.03 bits per heavy atom. The van der Waals surface area contributed by atoms with Crippen LogP contribution in [0.1, 0.15) is 69.2 Å². The first-order valence-electron chi connectivity index (χ1n) is 12.2. The van der Waals surface area contributed by atoms with E-state index in [4.69, 9.17) is 9.41 Å². The first kappa shape index (κ1) is 21.9. The molecule has 5 heteroatoms. The maximum atomic E-state index is 5.47. The molecule has 2 N–H and O–H groups in total. The lowest BCUT2D eigenvalue weighted by atomic mass is 9.92. The highest BCUT2D eigenvalue weighted by molar-refractivity contribution is 5.80. The predicted molar refractivity (Wildman–Crippen MR) is 127 cm³/mol. The number of rotatable bonds is 7. The van der Waals surface area contributed by atoms with Crippen molar-refractivity contribution in [1.82, 2.24) is 15.5 Å². The van der Waals surface area contributed by atoms with Crippen LogP contribution in [0.2, 0.25) is 0 Å². The molecular formula is C26H38N4O. The summed E-state index contributed by atoms with van der Waals surface area (Å²) in [6, 6.07) is 16.1. The van der Waals surface area contributed by atoms with Gasteiger partial charge in [0.1, 0.15) is 5.76 Å². The summed E-state index contributed by atoms with van der Waals surface area (Å²) in [4.78, 5) is 7.63. The van der Waals surface area contributed by atoms with Gasteiger partial charge in [0.2, 0.25) is 0 Å². The van der Waals surface area contributed by atoms with Gasteiger partial charge in [-0.1, -0.05) is 49.6 Å². The number of nitrogens with zero attached hydrogens (tertiary/aromatic N) is 2. The molecule has 4 rings (SSSR count). The fourth-order valence-electron chi connectivity index (χ4n) is 4.94. The Balaban J connectivity index is 1.33. The first-order valence-corrected chi connectivity index (χ1v) is 12.2. The van der Waals surface area contributed by atoms with E-state index in [1.54, 1.807) is 6.26 Å². The number of likely N-dealkylation sites (tertiary alicyclic amines) is 1. The van der Waals surface area contributed by atoms with Gasteiger partial charge >= 0.3 is 0 Å². The zero-order valence-corrected chi connectivity index (χ0v) is 18.9. The summed E-state index contributed by atoms with van der Waals surface area (Å²) in [7, 11) is 0. The van der Waals surface area contributed by atoms with Crippen LogP contribution in [0, 0.1) is 0 Å². The summed E-state index contributed by atoms with van der Waals surface area (Å²) < 4.78 is 5.47. The average molecular weight is 423 g/mol. The van der Waals surface area contributed by atoms with Gasteiger partial charge in [-0.3, -0.25) is 4.99 Å². The van der Waals surface area contributed by atoms with E-state index in [1.165, 1.54) is 63.6 Å². The van der Waals surface area contributed by atoms with Gasteiger partial charge in [-0.2, -0.15) is 0 Å². The SMILES string of the molecule is CC(NC(=NCCc1ccco1)NC1CCN(C2CCCCC2)CC1)c1ccccc1. The van der Waals surface area contributed by atoms with Crippen molar-refractivity contribution in [3.05, 3.63) is 60.1 Å². The summed E-state index contributed by atoms with van der Waals surface area (Å²) in [5, 5.41) is 7.37. The number of benzene rings is 1. The molecule has 0 bridgehead atoms. The van der Waals surface area contributed by atoms with Crippen LogP contribution < -0.4 is 10.6 Å². The lowest BCUT2D eigenvalue weighted by Crippen LogP contribution is -2.51. The summed E-state index contributed by atoms with van der Waals surface area (Å²) in [5.41, 5.74) is 1.27. The molecule has 1 aromatic heterocycles. The number of hydrogen-bond acceptors (Lipinski definition) is 3. The summed E-state index contributed by atoms with van der Waals surface area (Å²) in [6.07, 6.45) is 12.0. The summed E-state index contributed by atoms with van der Waals surface area (Å²) in [6.45, 7) is 5.32. The van der Waals surface area contributed by atoms with Crippen LogP contribution in [0.5, 0.6) is 0 Å². The van der Waals surface area contributed by atoms with Crippen molar-refractivity contribution in [1.29, 1.82) is 0 Å². The number of piperidine rings is 1. The van der Waals surface area contributed by atoms with Gasteiger partial charge < -0.3 is 20.0 Å². The Hall–Kier alpha value is -2.27. The zero-order valence-electron chi connectivity index (χ0n) is 18.9. The Morgan fingerprint density at radius 3 is 2.52 bits per heavy atom. The fraction of sp³-hybridized carbons (Fsp3) is 0.577. The molecule has 2 fully saturated rings. The van der Waals surface area contributed by atoms with Gasteiger partial charge in [0.15, 0.2) is 5.96 Å². The van der Waals surface area contributed by atoms with E-state index in [0.717, 1.165) is 24.2 Å². The molecule has 1 aliphatic carbocycles. The number of hydrogen-bond donors (Lipinski definition) is 2. The molecule has 2 aliphatic rings. The van der Waals surface area contributed by atoms with Crippen LogP contribution in [0.25, 0.3) is 0 Å². The number of guanidine groups is 1. The lowest BCUT2D eigenvalue weighted by Gasteiger charge is -2.39. The highest BCUT2D eigenvalue weighted by Crippen LogP contribution is 2.25. The Labute approximate surface area is 187 Å². The van der Waals surface area contributed by atoms with Gasteiger partial charge in [0.25, 0.3) is 0 Å². The van der Waals surface area contributed by atoms with Crippen molar-refractivity contribution < 1.29 is 4.42 Å². The van der Waals surface area contributed by atoms with E-state index in [0.29, 0.717) is 12.6 Å². The van der Waals surface area contributed by atoms with Crippen molar-refractivity contribution in [3.8, 4) is 0 Å². The predicted octanol–water partition coefficient (Wildman–Crippen LogP) is 4.92. The third-order valence-electron chi connectivity index (χ3n) is 6.82. The van der Waals surface area contributed by atoms with Gasteiger partial charge in [-0.25, -0.2) is 0 Å². The van der Waals surface area contributed by atoms with Crippen molar-refractivity contribution in [3.63, 3.8) is 0 Å². The number of aliphatic imine (C=N–C) groups is 1. The second-order valence-corrected chi connectivity index (χ2v) is 9.08. The molecule has 0 amide bonds. The Morgan fingerprint density at radius 2 is 1.81 bits per heavy atom. The highest BCUT2D eigenvalue weighted by atomic mass is 16.3. The quantitative estimate of drug-likeness (QED) is 0.491. The van der Waals surface area contributed by atoms with Gasteiger partial charge in [-0.05, 0) is 50.3 Å². The molecule has 1 aromatic carbocycles. The van der Waals surface area contributed by atoms with Gasteiger partial charge in [-0.15, -0.1) is 0 Å². The topological polar surface area (TPSA) is 52.8 Å². The zero-order chi connectivity index (χ0) is 21.3. The largest absolute Gasteiger partial charge is 0.469 e. The van der Waals surface area contributed by atoms with Crippen molar-refractivity contribution in [2.45, 2.75) is 76.4 Å². The van der Waals surface area contributed by atoms with Crippen LogP contribution in [0.4, 0.5) is 0 Å². The van der Waals surface area contributed by atoms with E-state index >= 15 is 0 Å². The molecule has 2 aromatic rings. The van der Waals surface area contributed by atoms with Gasteiger partial charge in [0.05, 0.1) is 12.3 Å². The summed E-state index contributed by atoms with van der Waals surface area (Å²) in [5.74, 6) is 1.90. The minimum Gasteiger partial charge on any atom is -0.469 e. The second-order valence-electron chi connectivity index (χ2n) is 9.08. The van der Waals surface area contributed by atoms with E-state index in [1.807, 2.05) is 12.1 Å². The van der Waals surface area contributed by atoms with Crippen LogP contribution in [0.15, 0.2) is 58.1 Å². The molecule has 2 heterocycles. The van der Waals surface area contributed by atoms with E-state index in [9.17, 15) is 0 Å². The Kier molecular flexibility index (Phi) is 8.05.